The number of aromatic nitrogens is 2. The summed E-state index contributed by atoms with van der Waals surface area (Å²) < 4.78 is 1.50. The van der Waals surface area contributed by atoms with Gasteiger partial charge in [-0.3, -0.25) is 14.8 Å². The Morgan fingerprint density at radius 1 is 1.43 bits per heavy atom. The summed E-state index contributed by atoms with van der Waals surface area (Å²) in [6.45, 7) is 11.3. The second-order valence-electron chi connectivity index (χ2n) is 6.63. The molecule has 1 aromatic rings. The molecule has 1 aromatic heterocycles. The van der Waals surface area contributed by atoms with E-state index >= 15 is 0 Å². The average Bonchev–Trinajstić information content (AvgIpc) is 2.58. The lowest BCUT2D eigenvalue weighted by molar-refractivity contribution is -0.386. The molecule has 0 aliphatic heterocycles. The van der Waals surface area contributed by atoms with E-state index in [-0.39, 0.29) is 17.6 Å². The van der Waals surface area contributed by atoms with Crippen molar-refractivity contribution in [2.45, 2.75) is 53.7 Å². The van der Waals surface area contributed by atoms with E-state index < -0.39 is 11.0 Å². The van der Waals surface area contributed by atoms with Crippen LogP contribution in [0.3, 0.4) is 0 Å². The molecule has 1 atom stereocenters. The lowest BCUT2D eigenvalue weighted by Crippen LogP contribution is -2.32. The number of nitrogens with zero attached hydrogens (tertiary/aromatic N) is 3. The van der Waals surface area contributed by atoms with Gasteiger partial charge in [0.15, 0.2) is 0 Å². The molecule has 2 N–H and O–H groups in total. The lowest BCUT2D eigenvalue weighted by atomic mass is 9.92. The van der Waals surface area contributed by atoms with Crippen LogP contribution >= 0.6 is 0 Å². The molecule has 7 nitrogen and oxygen atoms in total. The van der Waals surface area contributed by atoms with Crippen molar-refractivity contribution >= 4 is 5.69 Å². The molecule has 0 aliphatic carbocycles. The van der Waals surface area contributed by atoms with Crippen LogP contribution in [0.15, 0.2) is 0 Å². The Morgan fingerprint density at radius 2 is 2.05 bits per heavy atom. The maximum absolute atomic E-state index is 10.9. The van der Waals surface area contributed by atoms with Crippen molar-refractivity contribution in [3.8, 4) is 0 Å². The van der Waals surface area contributed by atoms with Gasteiger partial charge < -0.3 is 10.4 Å². The molecule has 1 heterocycles. The molecule has 0 amide bonds. The van der Waals surface area contributed by atoms with Crippen molar-refractivity contribution in [2.75, 3.05) is 13.1 Å². The highest BCUT2D eigenvalue weighted by Crippen LogP contribution is 2.21. The minimum absolute atomic E-state index is 0.0305. The average molecular weight is 298 g/mol. The first-order valence-electron chi connectivity index (χ1n) is 7.19. The monoisotopic (exact) mass is 298 g/mol. The summed E-state index contributed by atoms with van der Waals surface area (Å²) >= 11 is 0. The van der Waals surface area contributed by atoms with E-state index in [0.717, 1.165) is 13.0 Å². The Labute approximate surface area is 125 Å². The standard InChI is InChI=1S/C14H26N4O3/c1-10-13(18(20)21)11(2)17(16-10)9-12(19)8-15-7-6-14(3,4)5/h12,15,19H,6-9H2,1-5H3. The van der Waals surface area contributed by atoms with E-state index in [4.69, 9.17) is 0 Å². The number of aryl methyl sites for hydroxylation is 1. The number of hydrogen-bond acceptors (Lipinski definition) is 5. The quantitative estimate of drug-likeness (QED) is 0.455. The van der Waals surface area contributed by atoms with Gasteiger partial charge >= 0.3 is 5.69 Å². The summed E-state index contributed by atoms with van der Waals surface area (Å²) in [4.78, 5) is 10.5. The molecule has 0 radical (unpaired) electrons. The first-order chi connectivity index (χ1) is 9.61. The Morgan fingerprint density at radius 3 is 2.52 bits per heavy atom. The molecular formula is C14H26N4O3. The van der Waals surface area contributed by atoms with Gasteiger partial charge in [-0.15, -0.1) is 0 Å². The second kappa shape index (κ2) is 7.00. The minimum Gasteiger partial charge on any atom is -0.390 e. The predicted octanol–water partition coefficient (Wildman–Crippen LogP) is 1.79. The van der Waals surface area contributed by atoms with Crippen molar-refractivity contribution < 1.29 is 10.0 Å². The number of aliphatic hydroxyl groups is 1. The van der Waals surface area contributed by atoms with Crippen LogP contribution in [0.2, 0.25) is 0 Å². The van der Waals surface area contributed by atoms with E-state index in [1.165, 1.54) is 4.68 Å². The van der Waals surface area contributed by atoms with Gasteiger partial charge in [0, 0.05) is 6.54 Å². The van der Waals surface area contributed by atoms with Crippen LogP contribution in [-0.4, -0.2) is 39.0 Å². The number of aliphatic hydroxyl groups excluding tert-OH is 1. The zero-order valence-corrected chi connectivity index (χ0v) is 13.5. The fraction of sp³-hybridized carbons (Fsp3) is 0.786. The first kappa shape index (κ1) is 17.6. The zero-order chi connectivity index (χ0) is 16.2. The number of hydrogen-bond donors (Lipinski definition) is 2. The van der Waals surface area contributed by atoms with Crippen LogP contribution < -0.4 is 5.32 Å². The summed E-state index contributed by atoms with van der Waals surface area (Å²) in [7, 11) is 0. The molecule has 0 saturated carbocycles. The molecule has 1 unspecified atom stereocenters. The molecule has 0 fully saturated rings. The number of nitro groups is 1. The van der Waals surface area contributed by atoms with E-state index in [1.807, 2.05) is 0 Å². The van der Waals surface area contributed by atoms with Crippen molar-refractivity contribution in [1.82, 2.24) is 15.1 Å². The summed E-state index contributed by atoms with van der Waals surface area (Å²) in [5, 5.41) is 28.3. The van der Waals surface area contributed by atoms with Crippen LogP contribution in [0.4, 0.5) is 5.69 Å². The summed E-state index contributed by atoms with van der Waals surface area (Å²) in [5.74, 6) is 0. The van der Waals surface area contributed by atoms with Crippen molar-refractivity contribution in [3.63, 3.8) is 0 Å². The molecule has 0 spiro atoms. The van der Waals surface area contributed by atoms with E-state index in [0.29, 0.717) is 17.9 Å². The molecule has 120 valence electrons. The Bertz CT molecular complexity index is 491. The molecular weight excluding hydrogens is 272 g/mol. The molecule has 7 heteroatoms. The Balaban J connectivity index is 2.50. The van der Waals surface area contributed by atoms with E-state index in [9.17, 15) is 15.2 Å². The largest absolute Gasteiger partial charge is 0.390 e. The van der Waals surface area contributed by atoms with Gasteiger partial charge in [0.25, 0.3) is 0 Å². The molecule has 21 heavy (non-hydrogen) atoms. The fourth-order valence-corrected chi connectivity index (χ4v) is 2.13. The van der Waals surface area contributed by atoms with Crippen LogP contribution in [0.25, 0.3) is 0 Å². The third kappa shape index (κ3) is 5.43. The van der Waals surface area contributed by atoms with Crippen molar-refractivity contribution in [2.24, 2.45) is 5.41 Å². The minimum atomic E-state index is -0.623. The SMILES string of the molecule is Cc1nn(CC(O)CNCCC(C)(C)C)c(C)c1[N+](=O)[O-]. The van der Waals surface area contributed by atoms with Gasteiger partial charge in [0.1, 0.15) is 11.4 Å². The number of rotatable bonds is 7. The highest BCUT2D eigenvalue weighted by molar-refractivity contribution is 5.39. The van der Waals surface area contributed by atoms with Crippen molar-refractivity contribution in [1.29, 1.82) is 0 Å². The lowest BCUT2D eigenvalue weighted by Gasteiger charge is -2.19. The molecule has 0 saturated heterocycles. The maximum atomic E-state index is 10.9. The molecule has 0 bridgehead atoms. The molecule has 0 aromatic carbocycles. The van der Waals surface area contributed by atoms with Gasteiger partial charge in [-0.2, -0.15) is 5.10 Å². The summed E-state index contributed by atoms with van der Waals surface area (Å²) in [6, 6.07) is 0. The Hall–Kier alpha value is -1.47. The van der Waals surface area contributed by atoms with Crippen LogP contribution in [0.5, 0.6) is 0 Å². The fourth-order valence-electron chi connectivity index (χ4n) is 2.13. The van der Waals surface area contributed by atoms with E-state index in [2.05, 4.69) is 31.2 Å². The van der Waals surface area contributed by atoms with Gasteiger partial charge in [-0.1, -0.05) is 20.8 Å². The highest BCUT2D eigenvalue weighted by Gasteiger charge is 2.22. The molecule has 0 aliphatic rings. The zero-order valence-electron chi connectivity index (χ0n) is 13.5. The van der Waals surface area contributed by atoms with Gasteiger partial charge in [-0.05, 0) is 32.2 Å². The highest BCUT2D eigenvalue weighted by atomic mass is 16.6. The summed E-state index contributed by atoms with van der Waals surface area (Å²) in [5.41, 5.74) is 1.15. The third-order valence-corrected chi connectivity index (χ3v) is 3.34. The van der Waals surface area contributed by atoms with Crippen LogP contribution in [-0.2, 0) is 6.54 Å². The van der Waals surface area contributed by atoms with Gasteiger partial charge in [0.05, 0.1) is 17.6 Å². The van der Waals surface area contributed by atoms with Crippen molar-refractivity contribution in [3.05, 3.63) is 21.5 Å². The van der Waals surface area contributed by atoms with Gasteiger partial charge in [-0.25, -0.2) is 0 Å². The van der Waals surface area contributed by atoms with Gasteiger partial charge in [0.2, 0.25) is 0 Å². The van der Waals surface area contributed by atoms with Crippen LogP contribution in [0.1, 0.15) is 38.6 Å². The van der Waals surface area contributed by atoms with Crippen LogP contribution in [0, 0.1) is 29.4 Å². The summed E-state index contributed by atoms with van der Waals surface area (Å²) in [6.07, 6.45) is 0.396. The normalized spacial score (nSPS) is 13.4. The Kier molecular flexibility index (Phi) is 5.86. The first-order valence-corrected chi connectivity index (χ1v) is 7.19. The third-order valence-electron chi connectivity index (χ3n) is 3.34. The molecule has 1 rings (SSSR count). The maximum Gasteiger partial charge on any atom is 0.312 e. The van der Waals surface area contributed by atoms with E-state index in [1.54, 1.807) is 13.8 Å². The second-order valence-corrected chi connectivity index (χ2v) is 6.63. The topological polar surface area (TPSA) is 93.2 Å². The smallest absolute Gasteiger partial charge is 0.312 e. The number of nitrogens with one attached hydrogen (secondary N) is 1. The predicted molar refractivity (Wildman–Crippen MR) is 81.3 cm³/mol.